The van der Waals surface area contributed by atoms with Gasteiger partial charge in [-0.1, -0.05) is 42.5 Å². The summed E-state index contributed by atoms with van der Waals surface area (Å²) < 4.78 is 1.58. The molecule has 2 aromatic carbocycles. The van der Waals surface area contributed by atoms with Gasteiger partial charge in [0.2, 0.25) is 0 Å². The van der Waals surface area contributed by atoms with E-state index in [0.29, 0.717) is 18.7 Å². The molecule has 1 amide bonds. The minimum absolute atomic E-state index is 0.311. The number of nitrogens with zero attached hydrogens (tertiary/aromatic N) is 4. The monoisotopic (exact) mass is 349 g/mol. The molecule has 0 saturated carbocycles. The van der Waals surface area contributed by atoms with Gasteiger partial charge in [0.05, 0.1) is 11.7 Å². The molecule has 1 aliphatic carbocycles. The molecule has 0 spiro atoms. The van der Waals surface area contributed by atoms with E-state index >= 15 is 0 Å². The highest BCUT2D eigenvalue weighted by Gasteiger charge is 2.42. The fraction of sp³-hybridized carbons (Fsp3) is 0.263. The molecule has 0 fully saturated rings. The van der Waals surface area contributed by atoms with Crippen LogP contribution in [0.15, 0.2) is 54.6 Å². The number of aromatic nitrogens is 4. The van der Waals surface area contributed by atoms with Crippen LogP contribution in [0.1, 0.15) is 29.9 Å². The zero-order valence-corrected chi connectivity index (χ0v) is 14.3. The molecule has 0 bridgehead atoms. The molecule has 4 rings (SSSR count). The summed E-state index contributed by atoms with van der Waals surface area (Å²) in [6, 6.07) is 16.7. The molecule has 1 heterocycles. The van der Waals surface area contributed by atoms with Gasteiger partial charge in [-0.3, -0.25) is 4.79 Å². The maximum Gasteiger partial charge on any atom is 0.253 e. The number of para-hydroxylation sites is 1. The highest BCUT2D eigenvalue weighted by atomic mass is 16.3. The Hall–Kier alpha value is -3.06. The first-order valence-electron chi connectivity index (χ1n) is 8.51. The fourth-order valence-electron chi connectivity index (χ4n) is 3.37. The molecule has 0 unspecified atom stereocenters. The van der Waals surface area contributed by atoms with Gasteiger partial charge in [0.15, 0.2) is 11.4 Å². The quantitative estimate of drug-likeness (QED) is 0.742. The second-order valence-electron chi connectivity index (χ2n) is 6.63. The molecular formula is C19H19N5O2. The van der Waals surface area contributed by atoms with Crippen LogP contribution in [0.4, 0.5) is 0 Å². The van der Waals surface area contributed by atoms with E-state index in [1.54, 1.807) is 11.6 Å². The van der Waals surface area contributed by atoms with Crippen molar-refractivity contribution in [3.05, 3.63) is 71.5 Å². The SMILES string of the molecule is C[C@H](NC(=O)C1(O)Cc2ccccc2C1)c1nnnn1-c1ccccc1. The van der Waals surface area contributed by atoms with Crippen molar-refractivity contribution in [2.75, 3.05) is 0 Å². The molecule has 0 radical (unpaired) electrons. The lowest BCUT2D eigenvalue weighted by Crippen LogP contribution is -2.48. The summed E-state index contributed by atoms with van der Waals surface area (Å²) >= 11 is 0. The summed E-state index contributed by atoms with van der Waals surface area (Å²) in [5.74, 6) is 0.0903. The summed E-state index contributed by atoms with van der Waals surface area (Å²) in [5, 5.41) is 25.5. The van der Waals surface area contributed by atoms with Crippen molar-refractivity contribution in [1.29, 1.82) is 0 Å². The van der Waals surface area contributed by atoms with Crippen LogP contribution < -0.4 is 5.32 Å². The van der Waals surface area contributed by atoms with Gasteiger partial charge in [0, 0.05) is 12.8 Å². The first-order chi connectivity index (χ1) is 12.6. The highest BCUT2D eigenvalue weighted by molar-refractivity contribution is 5.87. The van der Waals surface area contributed by atoms with E-state index in [1.165, 1.54) is 0 Å². The van der Waals surface area contributed by atoms with Crippen LogP contribution in [0.5, 0.6) is 0 Å². The molecular weight excluding hydrogens is 330 g/mol. The molecule has 26 heavy (non-hydrogen) atoms. The van der Waals surface area contributed by atoms with Crippen molar-refractivity contribution in [1.82, 2.24) is 25.5 Å². The third kappa shape index (κ3) is 2.86. The Morgan fingerprint density at radius 2 is 1.73 bits per heavy atom. The summed E-state index contributed by atoms with van der Waals surface area (Å²) in [7, 11) is 0. The zero-order valence-electron chi connectivity index (χ0n) is 14.3. The van der Waals surface area contributed by atoms with E-state index in [4.69, 9.17) is 0 Å². The standard InChI is InChI=1S/C19H19N5O2/c1-13(17-21-22-23-24(17)16-9-3-2-4-10-16)20-18(25)19(26)11-14-7-5-6-8-15(14)12-19/h2-10,13,26H,11-12H2,1H3,(H,20,25)/t13-/m0/s1. The molecule has 2 N–H and O–H groups in total. The van der Waals surface area contributed by atoms with Crippen LogP contribution >= 0.6 is 0 Å². The third-order valence-electron chi connectivity index (χ3n) is 4.74. The van der Waals surface area contributed by atoms with Gasteiger partial charge >= 0.3 is 0 Å². The van der Waals surface area contributed by atoms with E-state index in [0.717, 1.165) is 16.8 Å². The minimum Gasteiger partial charge on any atom is -0.379 e. The largest absolute Gasteiger partial charge is 0.379 e. The van der Waals surface area contributed by atoms with E-state index in [2.05, 4.69) is 20.8 Å². The number of hydrogen-bond donors (Lipinski definition) is 2. The average Bonchev–Trinajstić information content (AvgIpc) is 3.26. The lowest BCUT2D eigenvalue weighted by molar-refractivity contribution is -0.139. The van der Waals surface area contributed by atoms with Crippen LogP contribution in [-0.2, 0) is 17.6 Å². The Morgan fingerprint density at radius 1 is 1.12 bits per heavy atom. The van der Waals surface area contributed by atoms with Crippen molar-refractivity contribution in [2.24, 2.45) is 0 Å². The van der Waals surface area contributed by atoms with Gasteiger partial charge in [0.1, 0.15) is 0 Å². The molecule has 0 saturated heterocycles. The Bertz CT molecular complexity index is 913. The first-order valence-corrected chi connectivity index (χ1v) is 8.51. The van der Waals surface area contributed by atoms with Crippen molar-refractivity contribution in [3.8, 4) is 5.69 Å². The second-order valence-corrected chi connectivity index (χ2v) is 6.63. The van der Waals surface area contributed by atoms with Crippen molar-refractivity contribution in [2.45, 2.75) is 31.4 Å². The van der Waals surface area contributed by atoms with Gasteiger partial charge in [-0.2, -0.15) is 4.68 Å². The van der Waals surface area contributed by atoms with Gasteiger partial charge in [0.25, 0.3) is 5.91 Å². The van der Waals surface area contributed by atoms with Gasteiger partial charge in [-0.15, -0.1) is 5.10 Å². The summed E-state index contributed by atoms with van der Waals surface area (Å²) in [4.78, 5) is 12.8. The predicted molar refractivity (Wildman–Crippen MR) is 94.5 cm³/mol. The fourth-order valence-corrected chi connectivity index (χ4v) is 3.37. The lowest BCUT2D eigenvalue weighted by Gasteiger charge is -2.23. The Labute approximate surface area is 150 Å². The topological polar surface area (TPSA) is 92.9 Å². The molecule has 1 atom stereocenters. The average molecular weight is 349 g/mol. The number of hydrogen-bond acceptors (Lipinski definition) is 5. The third-order valence-corrected chi connectivity index (χ3v) is 4.74. The highest BCUT2D eigenvalue weighted by Crippen LogP contribution is 2.30. The van der Waals surface area contributed by atoms with E-state index < -0.39 is 17.6 Å². The van der Waals surface area contributed by atoms with Gasteiger partial charge in [-0.25, -0.2) is 0 Å². The van der Waals surface area contributed by atoms with Gasteiger partial charge in [-0.05, 0) is 40.6 Å². The molecule has 1 aromatic heterocycles. The molecule has 1 aliphatic rings. The van der Waals surface area contributed by atoms with Crippen LogP contribution in [0, 0.1) is 0 Å². The van der Waals surface area contributed by atoms with Crippen molar-refractivity contribution >= 4 is 5.91 Å². The molecule has 132 valence electrons. The number of tetrazole rings is 1. The molecule has 0 aliphatic heterocycles. The number of carbonyl (C=O) groups is 1. The Morgan fingerprint density at radius 3 is 2.38 bits per heavy atom. The van der Waals surface area contributed by atoms with Gasteiger partial charge < -0.3 is 10.4 Å². The Balaban J connectivity index is 1.52. The van der Waals surface area contributed by atoms with Crippen LogP contribution in [0.3, 0.4) is 0 Å². The number of carbonyl (C=O) groups excluding carboxylic acids is 1. The summed E-state index contributed by atoms with van der Waals surface area (Å²) in [6.45, 7) is 1.80. The minimum atomic E-state index is -1.44. The maximum atomic E-state index is 12.8. The smallest absolute Gasteiger partial charge is 0.253 e. The normalized spacial score (nSPS) is 16.1. The van der Waals surface area contributed by atoms with E-state index in [-0.39, 0.29) is 0 Å². The summed E-state index contributed by atoms with van der Waals surface area (Å²) in [6.07, 6.45) is 0.622. The number of rotatable bonds is 4. The van der Waals surface area contributed by atoms with E-state index in [9.17, 15) is 9.90 Å². The second kappa shape index (κ2) is 6.34. The first kappa shape index (κ1) is 16.4. The molecule has 7 heteroatoms. The molecule has 3 aromatic rings. The van der Waals surface area contributed by atoms with Crippen LogP contribution in [-0.4, -0.2) is 36.8 Å². The zero-order chi connectivity index (χ0) is 18.1. The number of amides is 1. The Kier molecular flexibility index (Phi) is 4.00. The van der Waals surface area contributed by atoms with Crippen LogP contribution in [0.25, 0.3) is 5.69 Å². The molecule has 7 nitrogen and oxygen atoms in total. The number of nitrogens with one attached hydrogen (secondary N) is 1. The maximum absolute atomic E-state index is 12.8. The number of benzene rings is 2. The van der Waals surface area contributed by atoms with Crippen molar-refractivity contribution in [3.63, 3.8) is 0 Å². The number of fused-ring (bicyclic) bond motifs is 1. The lowest BCUT2D eigenvalue weighted by atomic mass is 9.99. The predicted octanol–water partition coefficient (Wildman–Crippen LogP) is 1.37. The summed E-state index contributed by atoms with van der Waals surface area (Å²) in [5.41, 5.74) is 1.38. The van der Waals surface area contributed by atoms with Crippen molar-refractivity contribution < 1.29 is 9.90 Å². The number of aliphatic hydroxyl groups is 1. The van der Waals surface area contributed by atoms with E-state index in [1.807, 2.05) is 54.6 Å². The van der Waals surface area contributed by atoms with Crippen LogP contribution in [0.2, 0.25) is 0 Å².